The van der Waals surface area contributed by atoms with Gasteiger partial charge in [-0.3, -0.25) is 34.4 Å². The second-order valence-corrected chi connectivity index (χ2v) is 8.07. The highest BCUT2D eigenvalue weighted by Crippen LogP contribution is 2.45. The van der Waals surface area contributed by atoms with Gasteiger partial charge in [-0.05, 0) is 24.3 Å². The van der Waals surface area contributed by atoms with E-state index in [1.165, 1.54) is 24.1 Å². The predicted octanol–water partition coefficient (Wildman–Crippen LogP) is -3.20. The van der Waals surface area contributed by atoms with E-state index in [0.29, 0.717) is 5.75 Å². The van der Waals surface area contributed by atoms with E-state index in [9.17, 15) is 39.6 Å². The highest BCUT2D eigenvalue weighted by Gasteiger charge is 2.45. The Bertz CT molecular complexity index is 1420. The topological polar surface area (TPSA) is 245 Å². The van der Waals surface area contributed by atoms with E-state index in [4.69, 9.17) is 9.84 Å². The van der Waals surface area contributed by atoms with E-state index in [1.807, 2.05) is 9.97 Å². The third kappa shape index (κ3) is 4.14. The van der Waals surface area contributed by atoms with Crippen molar-refractivity contribution in [1.29, 1.82) is 0 Å². The summed E-state index contributed by atoms with van der Waals surface area (Å²) in [5.41, 5.74) is -4.45. The summed E-state index contributed by atoms with van der Waals surface area (Å²) in [6, 6.07) is 6.11. The minimum absolute atomic E-state index is 0.240. The zero-order valence-electron chi connectivity index (χ0n) is 18.6. The summed E-state index contributed by atoms with van der Waals surface area (Å²) in [6.07, 6.45) is -8.25. The van der Waals surface area contributed by atoms with Gasteiger partial charge in [0.25, 0.3) is 11.1 Å². The van der Waals surface area contributed by atoms with Crippen LogP contribution in [0.4, 0.5) is 17.3 Å². The molecule has 9 N–H and O–H groups in total. The first-order valence-corrected chi connectivity index (χ1v) is 10.6. The van der Waals surface area contributed by atoms with Crippen molar-refractivity contribution in [2.45, 2.75) is 30.3 Å². The van der Waals surface area contributed by atoms with Crippen molar-refractivity contribution in [3.05, 3.63) is 77.1 Å². The molecular formula is C21H23N5O10. The molecule has 0 saturated carbocycles. The summed E-state index contributed by atoms with van der Waals surface area (Å²) in [6.45, 7) is -0.962. The van der Waals surface area contributed by atoms with Crippen molar-refractivity contribution in [1.82, 2.24) is 19.9 Å². The number of ether oxygens (including phenoxy) is 1. The smallest absolute Gasteiger partial charge is 0.327 e. The van der Waals surface area contributed by atoms with Gasteiger partial charge in [-0.2, -0.15) is 0 Å². The number of hydrogen-bond acceptors (Lipinski definition) is 11. The van der Waals surface area contributed by atoms with Gasteiger partial charge in [0, 0.05) is 5.69 Å². The Kier molecular flexibility index (Phi) is 6.66. The molecule has 0 aliphatic carbocycles. The first kappa shape index (κ1) is 25.1. The number of fused-ring (bicyclic) bond motifs is 2. The number of aliphatic hydroxyl groups is 5. The number of H-pyrrole nitrogens is 4. The van der Waals surface area contributed by atoms with Gasteiger partial charge in [0.15, 0.2) is 0 Å². The minimum Gasteiger partial charge on any atom is -0.497 e. The fraction of sp³-hybridized carbons (Fsp3) is 0.333. The maximum atomic E-state index is 13.0. The van der Waals surface area contributed by atoms with Crippen LogP contribution in [-0.2, 0) is 0 Å². The van der Waals surface area contributed by atoms with E-state index in [-0.39, 0.29) is 28.5 Å². The number of hydrogen-bond donors (Lipinski definition) is 9. The van der Waals surface area contributed by atoms with Gasteiger partial charge < -0.3 is 30.3 Å². The van der Waals surface area contributed by atoms with Crippen LogP contribution in [0.1, 0.15) is 17.0 Å². The van der Waals surface area contributed by atoms with Crippen LogP contribution in [0.5, 0.6) is 5.75 Å². The van der Waals surface area contributed by atoms with Crippen molar-refractivity contribution in [2.75, 3.05) is 18.6 Å². The molecule has 3 aromatic rings. The minimum atomic E-state index is -2.18. The van der Waals surface area contributed by atoms with Crippen LogP contribution in [0.3, 0.4) is 0 Å². The summed E-state index contributed by atoms with van der Waals surface area (Å²) in [7, 11) is 1.44. The molecule has 1 aliphatic rings. The fourth-order valence-electron chi connectivity index (χ4n) is 4.22. The second kappa shape index (κ2) is 9.56. The van der Waals surface area contributed by atoms with Gasteiger partial charge in [0.1, 0.15) is 35.7 Å². The molecule has 36 heavy (non-hydrogen) atoms. The number of anilines is 3. The van der Waals surface area contributed by atoms with Crippen molar-refractivity contribution in [3.63, 3.8) is 0 Å². The maximum absolute atomic E-state index is 13.0. The van der Waals surface area contributed by atoms with Crippen molar-refractivity contribution in [2.24, 2.45) is 0 Å². The van der Waals surface area contributed by atoms with Crippen LogP contribution < -0.4 is 32.1 Å². The third-order valence-corrected chi connectivity index (χ3v) is 5.94. The molecule has 0 amide bonds. The van der Waals surface area contributed by atoms with Crippen molar-refractivity contribution < 1.29 is 30.3 Å². The number of aromatic amines is 4. The number of nitrogens with one attached hydrogen (secondary N) is 4. The monoisotopic (exact) mass is 505 g/mol. The molecule has 4 atom stereocenters. The number of methoxy groups -OCH3 is 1. The molecular weight excluding hydrogens is 482 g/mol. The Balaban J connectivity index is 2.03. The van der Waals surface area contributed by atoms with Gasteiger partial charge in [-0.1, -0.05) is 0 Å². The van der Waals surface area contributed by atoms with Gasteiger partial charge in [-0.15, -0.1) is 0 Å². The van der Waals surface area contributed by atoms with Gasteiger partial charge in [-0.25, -0.2) is 9.59 Å². The fourth-order valence-corrected chi connectivity index (χ4v) is 4.22. The Hall–Kier alpha value is -4.02. The van der Waals surface area contributed by atoms with E-state index in [0.717, 1.165) is 0 Å². The van der Waals surface area contributed by atoms with Crippen LogP contribution in [0.25, 0.3) is 0 Å². The average Bonchev–Trinajstić information content (AvgIpc) is 2.85. The predicted molar refractivity (Wildman–Crippen MR) is 123 cm³/mol. The van der Waals surface area contributed by atoms with Crippen LogP contribution in [0.2, 0.25) is 0 Å². The molecule has 0 unspecified atom stereocenters. The molecule has 2 aromatic heterocycles. The summed E-state index contributed by atoms with van der Waals surface area (Å²) in [5.74, 6) is -1.73. The van der Waals surface area contributed by atoms with Crippen LogP contribution in [0, 0.1) is 0 Å². The van der Waals surface area contributed by atoms with E-state index in [1.54, 1.807) is 12.1 Å². The second-order valence-electron chi connectivity index (χ2n) is 8.07. The summed E-state index contributed by atoms with van der Waals surface area (Å²) >= 11 is 0. The van der Waals surface area contributed by atoms with E-state index < -0.39 is 59.4 Å². The zero-order chi connectivity index (χ0) is 26.3. The number of benzene rings is 1. The summed E-state index contributed by atoms with van der Waals surface area (Å²) < 4.78 is 5.13. The number of aliphatic hydroxyl groups excluding tert-OH is 5. The lowest BCUT2D eigenvalue weighted by Gasteiger charge is -2.38. The first-order chi connectivity index (χ1) is 17.1. The molecule has 0 saturated heterocycles. The average molecular weight is 505 g/mol. The Morgan fingerprint density at radius 3 is 1.78 bits per heavy atom. The molecule has 15 nitrogen and oxygen atoms in total. The first-order valence-electron chi connectivity index (χ1n) is 10.6. The normalized spacial score (nSPS) is 16.6. The lowest BCUT2D eigenvalue weighted by Crippen LogP contribution is -2.51. The van der Waals surface area contributed by atoms with Crippen LogP contribution in [-0.4, -0.2) is 83.6 Å². The van der Waals surface area contributed by atoms with Crippen LogP contribution >= 0.6 is 0 Å². The van der Waals surface area contributed by atoms with Crippen LogP contribution in [0.15, 0.2) is 43.4 Å². The quantitative estimate of drug-likeness (QED) is 0.155. The lowest BCUT2D eigenvalue weighted by atomic mass is 9.81. The highest BCUT2D eigenvalue weighted by atomic mass is 16.5. The molecule has 3 heterocycles. The molecule has 0 spiro atoms. The highest BCUT2D eigenvalue weighted by molar-refractivity contribution is 5.80. The molecule has 1 aromatic carbocycles. The lowest BCUT2D eigenvalue weighted by molar-refractivity contribution is -0.118. The molecule has 0 fully saturated rings. The van der Waals surface area contributed by atoms with Crippen molar-refractivity contribution in [3.8, 4) is 5.75 Å². The SMILES string of the molecule is COc1ccc(N2c3[nH]c(=O)[nH]c(=O)c3C([C@H](O)[C@@H](O)[C@@H](O)[C@H](O)CO)c3c2[nH]c(=O)[nH]c3=O)cc1. The summed E-state index contributed by atoms with van der Waals surface area (Å²) in [5, 5.41) is 50.6. The Labute approximate surface area is 199 Å². The maximum Gasteiger partial charge on any atom is 0.327 e. The summed E-state index contributed by atoms with van der Waals surface area (Å²) in [4.78, 5) is 60.5. The molecule has 0 bridgehead atoms. The molecule has 4 rings (SSSR count). The van der Waals surface area contributed by atoms with Gasteiger partial charge in [0.05, 0.1) is 36.9 Å². The number of rotatable bonds is 7. The largest absolute Gasteiger partial charge is 0.497 e. The van der Waals surface area contributed by atoms with Gasteiger partial charge in [0.2, 0.25) is 0 Å². The molecule has 1 aliphatic heterocycles. The Morgan fingerprint density at radius 1 is 0.833 bits per heavy atom. The zero-order valence-corrected chi connectivity index (χ0v) is 18.6. The molecule has 0 radical (unpaired) electrons. The molecule has 15 heteroatoms. The Morgan fingerprint density at radius 2 is 1.33 bits per heavy atom. The standard InChI is InChI=1S/C21H23N5O10/c1-36-8-4-2-7(3-5-8)26-16-11(18(32)24-20(34)22-16)10(12-17(26)23-21(35)25-19(12)33)14(30)15(31)13(29)9(28)6-27/h2-5,9-10,13-15,27-31H,6H2,1H3,(H2,22,24,32,34)(H2,23,25,33,35)/t9-,13+,14+,15+/m1/s1. The van der Waals surface area contributed by atoms with E-state index in [2.05, 4.69) is 9.97 Å². The number of nitrogens with zero attached hydrogens (tertiary/aromatic N) is 1. The number of aromatic nitrogens is 4. The molecule has 192 valence electrons. The van der Waals surface area contributed by atoms with Crippen molar-refractivity contribution >= 4 is 17.3 Å². The van der Waals surface area contributed by atoms with E-state index >= 15 is 0 Å². The van der Waals surface area contributed by atoms with Gasteiger partial charge >= 0.3 is 11.4 Å². The third-order valence-electron chi connectivity index (χ3n) is 5.94.